The summed E-state index contributed by atoms with van der Waals surface area (Å²) >= 11 is 0. The normalized spacial score (nSPS) is 12.6. The molecule has 0 saturated heterocycles. The molecule has 0 heterocycles. The van der Waals surface area contributed by atoms with Gasteiger partial charge in [-0.3, -0.25) is 4.79 Å². The SMILES string of the molecule is COc1ccc(CC/C=C/CC(C)C(=O)O)cc1. The second kappa shape index (κ2) is 7.54. The lowest BCUT2D eigenvalue weighted by atomic mass is 10.1. The average molecular weight is 248 g/mol. The molecule has 18 heavy (non-hydrogen) atoms. The van der Waals surface area contributed by atoms with Crippen LogP contribution in [0.5, 0.6) is 5.75 Å². The molecule has 0 aliphatic rings. The quantitative estimate of drug-likeness (QED) is 0.753. The monoisotopic (exact) mass is 248 g/mol. The van der Waals surface area contributed by atoms with Crippen LogP contribution in [0.25, 0.3) is 0 Å². The van der Waals surface area contributed by atoms with Crippen molar-refractivity contribution >= 4 is 5.97 Å². The largest absolute Gasteiger partial charge is 0.497 e. The van der Waals surface area contributed by atoms with E-state index in [2.05, 4.69) is 0 Å². The predicted octanol–water partition coefficient (Wildman–Crippen LogP) is 3.29. The molecule has 1 unspecified atom stereocenters. The zero-order valence-electron chi connectivity index (χ0n) is 10.9. The lowest BCUT2D eigenvalue weighted by Gasteiger charge is -2.02. The molecule has 0 aliphatic heterocycles. The molecule has 1 aromatic carbocycles. The third-order valence-corrected chi connectivity index (χ3v) is 2.84. The van der Waals surface area contributed by atoms with Crippen LogP contribution in [0, 0.1) is 5.92 Å². The number of carbonyl (C=O) groups is 1. The first-order valence-corrected chi connectivity index (χ1v) is 6.14. The van der Waals surface area contributed by atoms with Crippen LogP contribution in [0.3, 0.4) is 0 Å². The molecule has 1 aromatic rings. The summed E-state index contributed by atoms with van der Waals surface area (Å²) in [5, 5.41) is 8.72. The standard InChI is InChI=1S/C15H20O3/c1-12(15(16)17)6-4-3-5-7-13-8-10-14(18-2)11-9-13/h3-4,8-12H,5-7H2,1-2H3,(H,16,17)/b4-3+. The second-order valence-corrected chi connectivity index (χ2v) is 4.33. The molecule has 0 amide bonds. The van der Waals surface area contributed by atoms with Gasteiger partial charge in [0, 0.05) is 0 Å². The van der Waals surface area contributed by atoms with Gasteiger partial charge in [-0.15, -0.1) is 0 Å². The maximum absolute atomic E-state index is 10.6. The highest BCUT2D eigenvalue weighted by Crippen LogP contribution is 2.13. The van der Waals surface area contributed by atoms with Gasteiger partial charge < -0.3 is 9.84 Å². The summed E-state index contributed by atoms with van der Waals surface area (Å²) in [5.41, 5.74) is 1.26. The van der Waals surface area contributed by atoms with E-state index in [1.54, 1.807) is 14.0 Å². The molecule has 0 spiro atoms. The summed E-state index contributed by atoms with van der Waals surface area (Å²) in [6, 6.07) is 8.00. The molecule has 1 atom stereocenters. The van der Waals surface area contributed by atoms with Gasteiger partial charge in [0.15, 0.2) is 0 Å². The number of carboxylic acids is 1. The van der Waals surface area contributed by atoms with Crippen molar-refractivity contribution in [1.82, 2.24) is 0 Å². The van der Waals surface area contributed by atoms with Crippen molar-refractivity contribution in [1.29, 1.82) is 0 Å². The van der Waals surface area contributed by atoms with E-state index in [1.165, 1.54) is 5.56 Å². The summed E-state index contributed by atoms with van der Waals surface area (Å²) in [6.45, 7) is 1.72. The highest BCUT2D eigenvalue weighted by Gasteiger charge is 2.07. The Morgan fingerprint density at radius 1 is 1.33 bits per heavy atom. The Bertz CT molecular complexity index is 393. The Balaban J connectivity index is 2.28. The lowest BCUT2D eigenvalue weighted by molar-refractivity contribution is -0.140. The molecule has 3 heteroatoms. The van der Waals surface area contributed by atoms with Gasteiger partial charge in [-0.25, -0.2) is 0 Å². The molecular weight excluding hydrogens is 228 g/mol. The molecule has 98 valence electrons. The maximum Gasteiger partial charge on any atom is 0.306 e. The molecule has 1 rings (SSSR count). The van der Waals surface area contributed by atoms with E-state index < -0.39 is 5.97 Å². The number of ether oxygens (including phenoxy) is 1. The number of hydrogen-bond acceptors (Lipinski definition) is 2. The van der Waals surface area contributed by atoms with E-state index in [9.17, 15) is 4.79 Å². The molecule has 0 bridgehead atoms. The van der Waals surface area contributed by atoms with E-state index in [4.69, 9.17) is 9.84 Å². The van der Waals surface area contributed by atoms with Gasteiger partial charge in [0.25, 0.3) is 0 Å². The van der Waals surface area contributed by atoms with Crippen molar-refractivity contribution in [3.63, 3.8) is 0 Å². The van der Waals surface area contributed by atoms with Crippen molar-refractivity contribution in [3.05, 3.63) is 42.0 Å². The topological polar surface area (TPSA) is 46.5 Å². The third-order valence-electron chi connectivity index (χ3n) is 2.84. The highest BCUT2D eigenvalue weighted by molar-refractivity contribution is 5.69. The molecule has 3 nitrogen and oxygen atoms in total. The van der Waals surface area contributed by atoms with Gasteiger partial charge in [0.05, 0.1) is 13.0 Å². The van der Waals surface area contributed by atoms with Crippen LogP contribution in [-0.4, -0.2) is 18.2 Å². The second-order valence-electron chi connectivity index (χ2n) is 4.33. The van der Waals surface area contributed by atoms with Gasteiger partial charge in [-0.05, 0) is 37.0 Å². The number of allylic oxidation sites excluding steroid dienone is 2. The van der Waals surface area contributed by atoms with E-state index >= 15 is 0 Å². The van der Waals surface area contributed by atoms with Crippen molar-refractivity contribution < 1.29 is 14.6 Å². The fourth-order valence-electron chi connectivity index (χ4n) is 1.56. The van der Waals surface area contributed by atoms with Gasteiger partial charge in [0.1, 0.15) is 5.75 Å². The summed E-state index contributed by atoms with van der Waals surface area (Å²) < 4.78 is 5.09. The van der Waals surface area contributed by atoms with Crippen molar-refractivity contribution in [3.8, 4) is 5.75 Å². The first-order valence-electron chi connectivity index (χ1n) is 6.14. The zero-order chi connectivity index (χ0) is 13.4. The van der Waals surface area contributed by atoms with E-state index in [-0.39, 0.29) is 5.92 Å². The van der Waals surface area contributed by atoms with Crippen molar-refractivity contribution in [2.45, 2.75) is 26.2 Å². The molecule has 0 saturated carbocycles. The molecule has 0 aliphatic carbocycles. The third kappa shape index (κ3) is 5.04. The number of benzene rings is 1. The minimum Gasteiger partial charge on any atom is -0.497 e. The van der Waals surface area contributed by atoms with Gasteiger partial charge in [-0.1, -0.05) is 31.2 Å². The molecule has 0 fully saturated rings. The average Bonchev–Trinajstić information content (AvgIpc) is 2.38. The van der Waals surface area contributed by atoms with Gasteiger partial charge in [0.2, 0.25) is 0 Å². The molecule has 1 N–H and O–H groups in total. The summed E-state index contributed by atoms with van der Waals surface area (Å²) in [5.74, 6) is -0.179. The minimum absolute atomic E-state index is 0.303. The molecular formula is C15H20O3. The van der Waals surface area contributed by atoms with E-state index in [0.717, 1.165) is 18.6 Å². The zero-order valence-corrected chi connectivity index (χ0v) is 10.9. The van der Waals surface area contributed by atoms with Crippen LogP contribution in [0.4, 0.5) is 0 Å². The van der Waals surface area contributed by atoms with Gasteiger partial charge in [-0.2, -0.15) is 0 Å². The molecule has 0 radical (unpaired) electrons. The number of aryl methyl sites for hydroxylation is 1. The Hall–Kier alpha value is -1.77. The number of carboxylic acid groups (broad SMARTS) is 1. The van der Waals surface area contributed by atoms with Crippen molar-refractivity contribution in [2.75, 3.05) is 7.11 Å². The summed E-state index contributed by atoms with van der Waals surface area (Å²) in [6.07, 6.45) is 6.48. The van der Waals surface area contributed by atoms with E-state index in [0.29, 0.717) is 6.42 Å². The van der Waals surface area contributed by atoms with Crippen LogP contribution in [0.2, 0.25) is 0 Å². The van der Waals surface area contributed by atoms with Crippen LogP contribution in [0.1, 0.15) is 25.3 Å². The Morgan fingerprint density at radius 3 is 2.56 bits per heavy atom. The van der Waals surface area contributed by atoms with Crippen LogP contribution in [-0.2, 0) is 11.2 Å². The molecule has 0 aromatic heterocycles. The Labute approximate surface area is 108 Å². The number of methoxy groups -OCH3 is 1. The van der Waals surface area contributed by atoms with Crippen molar-refractivity contribution in [2.24, 2.45) is 5.92 Å². The van der Waals surface area contributed by atoms with Crippen LogP contribution >= 0.6 is 0 Å². The lowest BCUT2D eigenvalue weighted by Crippen LogP contribution is -2.07. The summed E-state index contributed by atoms with van der Waals surface area (Å²) in [7, 11) is 1.65. The van der Waals surface area contributed by atoms with Crippen LogP contribution in [0.15, 0.2) is 36.4 Å². The number of aliphatic carboxylic acids is 1. The fourth-order valence-corrected chi connectivity index (χ4v) is 1.56. The van der Waals surface area contributed by atoms with Gasteiger partial charge >= 0.3 is 5.97 Å². The van der Waals surface area contributed by atoms with Crippen LogP contribution < -0.4 is 4.74 Å². The smallest absolute Gasteiger partial charge is 0.306 e. The minimum atomic E-state index is -0.741. The Morgan fingerprint density at radius 2 is 2.00 bits per heavy atom. The first-order chi connectivity index (χ1) is 8.63. The van der Waals surface area contributed by atoms with E-state index in [1.807, 2.05) is 36.4 Å². The number of hydrogen-bond donors (Lipinski definition) is 1. The summed E-state index contributed by atoms with van der Waals surface area (Å²) in [4.78, 5) is 10.6. The highest BCUT2D eigenvalue weighted by atomic mass is 16.5. The number of rotatable bonds is 7. The predicted molar refractivity (Wildman–Crippen MR) is 71.9 cm³/mol. The fraction of sp³-hybridized carbons (Fsp3) is 0.400. The Kier molecular flexibility index (Phi) is 5.98. The first kappa shape index (κ1) is 14.3. The maximum atomic E-state index is 10.6.